The summed E-state index contributed by atoms with van der Waals surface area (Å²) < 4.78 is 13.2. The molecule has 4 nitrogen and oxygen atoms in total. The average molecular weight is 298 g/mol. The summed E-state index contributed by atoms with van der Waals surface area (Å²) in [4.78, 5) is 25.1. The van der Waals surface area contributed by atoms with Gasteiger partial charge in [0.05, 0.1) is 19.1 Å². The van der Waals surface area contributed by atoms with Gasteiger partial charge in [-0.1, -0.05) is 42.5 Å². The largest absolute Gasteiger partial charge is 0.294 e. The van der Waals surface area contributed by atoms with Gasteiger partial charge in [0.25, 0.3) is 0 Å². The summed E-state index contributed by atoms with van der Waals surface area (Å²) in [5, 5.41) is 2.30. The fourth-order valence-electron chi connectivity index (χ4n) is 2.74. The SMILES string of the molecule is O=C1CN(C(c2ccccc2)c2ccc(F)cc2)CC(=O)N1. The number of imide groups is 1. The molecule has 0 spiro atoms. The molecule has 1 aliphatic rings. The van der Waals surface area contributed by atoms with E-state index in [2.05, 4.69) is 5.32 Å². The molecule has 1 heterocycles. The second-order valence-corrected chi connectivity index (χ2v) is 5.24. The smallest absolute Gasteiger partial charge is 0.240 e. The van der Waals surface area contributed by atoms with Gasteiger partial charge < -0.3 is 0 Å². The van der Waals surface area contributed by atoms with Crippen molar-refractivity contribution in [3.05, 3.63) is 71.5 Å². The van der Waals surface area contributed by atoms with E-state index in [1.807, 2.05) is 30.3 Å². The minimum absolute atomic E-state index is 0.128. The monoisotopic (exact) mass is 298 g/mol. The number of amides is 2. The van der Waals surface area contributed by atoms with Crippen molar-refractivity contribution in [3.8, 4) is 0 Å². The van der Waals surface area contributed by atoms with Crippen molar-refractivity contribution < 1.29 is 14.0 Å². The van der Waals surface area contributed by atoms with Crippen molar-refractivity contribution in [3.63, 3.8) is 0 Å². The van der Waals surface area contributed by atoms with E-state index in [0.29, 0.717) is 0 Å². The Morgan fingerprint density at radius 3 is 2.00 bits per heavy atom. The van der Waals surface area contributed by atoms with Crippen LogP contribution in [0.4, 0.5) is 4.39 Å². The molecule has 2 aromatic rings. The first-order valence-electron chi connectivity index (χ1n) is 7.00. The molecule has 22 heavy (non-hydrogen) atoms. The maximum atomic E-state index is 13.2. The van der Waals surface area contributed by atoms with Crippen LogP contribution in [0.3, 0.4) is 0 Å². The molecule has 3 rings (SSSR count). The van der Waals surface area contributed by atoms with E-state index in [9.17, 15) is 14.0 Å². The van der Waals surface area contributed by atoms with Crippen molar-refractivity contribution in [2.45, 2.75) is 6.04 Å². The highest BCUT2D eigenvalue weighted by Crippen LogP contribution is 2.29. The zero-order chi connectivity index (χ0) is 15.5. The van der Waals surface area contributed by atoms with Crippen molar-refractivity contribution >= 4 is 11.8 Å². The lowest BCUT2D eigenvalue weighted by Gasteiger charge is -2.34. The van der Waals surface area contributed by atoms with Crippen LogP contribution in [0.1, 0.15) is 17.2 Å². The van der Waals surface area contributed by atoms with Gasteiger partial charge in [0.1, 0.15) is 5.82 Å². The molecule has 5 heteroatoms. The molecule has 0 aromatic heterocycles. The van der Waals surface area contributed by atoms with Crippen LogP contribution < -0.4 is 5.32 Å². The van der Waals surface area contributed by atoms with Crippen LogP contribution in [0, 0.1) is 5.82 Å². The Morgan fingerprint density at radius 1 is 0.864 bits per heavy atom. The molecule has 2 amide bonds. The lowest BCUT2D eigenvalue weighted by molar-refractivity contribution is -0.136. The number of hydrogen-bond donors (Lipinski definition) is 1. The second kappa shape index (κ2) is 6.07. The number of carbonyl (C=O) groups is 2. The van der Waals surface area contributed by atoms with Crippen molar-refractivity contribution in [1.82, 2.24) is 10.2 Å². The summed E-state index contributed by atoms with van der Waals surface area (Å²) in [7, 11) is 0. The van der Waals surface area contributed by atoms with E-state index in [4.69, 9.17) is 0 Å². The molecule has 2 aromatic carbocycles. The molecule has 1 saturated heterocycles. The molecule has 112 valence electrons. The van der Waals surface area contributed by atoms with Crippen LogP contribution in [0.15, 0.2) is 54.6 Å². The third-order valence-corrected chi connectivity index (χ3v) is 3.64. The van der Waals surface area contributed by atoms with Gasteiger partial charge in [0, 0.05) is 0 Å². The lowest BCUT2D eigenvalue weighted by atomic mass is 9.96. The Morgan fingerprint density at radius 2 is 1.41 bits per heavy atom. The first kappa shape index (κ1) is 14.4. The van der Waals surface area contributed by atoms with Crippen LogP contribution in [-0.2, 0) is 9.59 Å². The van der Waals surface area contributed by atoms with Crippen LogP contribution in [0.5, 0.6) is 0 Å². The van der Waals surface area contributed by atoms with Gasteiger partial charge in [0.2, 0.25) is 11.8 Å². The predicted octanol–water partition coefficient (Wildman–Crippen LogP) is 1.87. The van der Waals surface area contributed by atoms with Crippen molar-refractivity contribution in [2.75, 3.05) is 13.1 Å². The fourth-order valence-corrected chi connectivity index (χ4v) is 2.74. The van der Waals surface area contributed by atoms with E-state index in [0.717, 1.165) is 11.1 Å². The zero-order valence-corrected chi connectivity index (χ0v) is 11.8. The van der Waals surface area contributed by atoms with Crippen LogP contribution in [-0.4, -0.2) is 29.8 Å². The standard InChI is InChI=1S/C17H15FN2O2/c18-14-8-6-13(7-9-14)17(12-4-2-1-3-5-12)20-10-15(21)19-16(22)11-20/h1-9,17H,10-11H2,(H,19,21,22). The summed E-state index contributed by atoms with van der Waals surface area (Å²) >= 11 is 0. The van der Waals surface area contributed by atoms with E-state index < -0.39 is 0 Å². The number of nitrogens with zero attached hydrogens (tertiary/aromatic N) is 1. The van der Waals surface area contributed by atoms with E-state index >= 15 is 0 Å². The summed E-state index contributed by atoms with van der Waals surface area (Å²) in [6.07, 6.45) is 0. The Kier molecular flexibility index (Phi) is 3.98. The Labute approximate surface area is 127 Å². The maximum Gasteiger partial charge on any atom is 0.240 e. The Balaban J connectivity index is 2.01. The molecule has 0 radical (unpaired) electrons. The molecule has 0 bridgehead atoms. The van der Waals surface area contributed by atoms with E-state index in [1.54, 1.807) is 17.0 Å². The minimum Gasteiger partial charge on any atom is -0.294 e. The van der Waals surface area contributed by atoms with Gasteiger partial charge in [0.15, 0.2) is 0 Å². The number of piperazine rings is 1. The summed E-state index contributed by atoms with van der Waals surface area (Å²) in [5.74, 6) is -0.957. The van der Waals surface area contributed by atoms with Gasteiger partial charge in [-0.3, -0.25) is 19.8 Å². The number of hydrogen-bond acceptors (Lipinski definition) is 3. The number of rotatable bonds is 3. The highest BCUT2D eigenvalue weighted by atomic mass is 19.1. The third-order valence-electron chi connectivity index (χ3n) is 3.64. The van der Waals surface area contributed by atoms with Crippen LogP contribution in [0.25, 0.3) is 0 Å². The number of benzene rings is 2. The summed E-state index contributed by atoms with van der Waals surface area (Å²) in [6, 6.07) is 15.4. The van der Waals surface area contributed by atoms with Gasteiger partial charge in [-0.15, -0.1) is 0 Å². The molecule has 1 N–H and O–H groups in total. The van der Waals surface area contributed by atoms with Gasteiger partial charge in [-0.05, 0) is 23.3 Å². The molecule has 0 aliphatic carbocycles. The fraction of sp³-hybridized carbons (Fsp3) is 0.176. The predicted molar refractivity (Wildman–Crippen MR) is 79.4 cm³/mol. The summed E-state index contributed by atoms with van der Waals surface area (Å²) in [6.45, 7) is 0.255. The van der Waals surface area contributed by atoms with Gasteiger partial charge in [-0.2, -0.15) is 0 Å². The molecule has 1 atom stereocenters. The molecule has 0 saturated carbocycles. The van der Waals surface area contributed by atoms with Crippen LogP contribution in [0.2, 0.25) is 0 Å². The molecular formula is C17H15FN2O2. The first-order valence-corrected chi connectivity index (χ1v) is 7.00. The zero-order valence-electron chi connectivity index (χ0n) is 11.8. The Hall–Kier alpha value is -2.53. The highest BCUT2D eigenvalue weighted by Gasteiger charge is 2.30. The van der Waals surface area contributed by atoms with Crippen molar-refractivity contribution in [1.29, 1.82) is 0 Å². The third kappa shape index (κ3) is 3.04. The van der Waals surface area contributed by atoms with E-state index in [1.165, 1.54) is 12.1 Å². The molecule has 1 unspecified atom stereocenters. The normalized spacial score (nSPS) is 17.1. The molecular weight excluding hydrogens is 283 g/mol. The quantitative estimate of drug-likeness (QED) is 0.880. The lowest BCUT2D eigenvalue weighted by Crippen LogP contribution is -2.52. The minimum atomic E-state index is -0.320. The van der Waals surface area contributed by atoms with Gasteiger partial charge in [-0.25, -0.2) is 4.39 Å². The average Bonchev–Trinajstić information content (AvgIpc) is 2.50. The molecule has 1 fully saturated rings. The second-order valence-electron chi connectivity index (χ2n) is 5.24. The Bertz CT molecular complexity index is 670. The van der Waals surface area contributed by atoms with Crippen molar-refractivity contribution in [2.24, 2.45) is 0 Å². The summed E-state index contributed by atoms with van der Waals surface area (Å²) in [5.41, 5.74) is 1.80. The van der Waals surface area contributed by atoms with Gasteiger partial charge >= 0.3 is 0 Å². The van der Waals surface area contributed by atoms with E-state index in [-0.39, 0.29) is 36.8 Å². The highest BCUT2D eigenvalue weighted by molar-refractivity contribution is 5.99. The van der Waals surface area contributed by atoms with Crippen LogP contribution >= 0.6 is 0 Å². The number of halogens is 1. The number of carbonyl (C=O) groups excluding carboxylic acids is 2. The first-order chi connectivity index (χ1) is 10.6. The molecule has 1 aliphatic heterocycles. The maximum absolute atomic E-state index is 13.2. The topological polar surface area (TPSA) is 49.4 Å². The number of nitrogens with one attached hydrogen (secondary N) is 1.